The fourth-order valence-corrected chi connectivity index (χ4v) is 2.24. The number of hydrogen-bond acceptors (Lipinski definition) is 3. The fraction of sp³-hybridized carbons (Fsp3) is 0.750. The number of hydrogen-bond donors (Lipinski definition) is 1. The Kier molecular flexibility index (Phi) is 3.61. The van der Waals surface area contributed by atoms with E-state index in [1.54, 1.807) is 0 Å². The molecular formula is C12H22N4. The largest absolute Gasteiger partial charge is 0.315 e. The Hall–Kier alpha value is -0.870. The monoisotopic (exact) mass is 222 g/mol. The van der Waals surface area contributed by atoms with Crippen LogP contribution in [0.2, 0.25) is 0 Å². The van der Waals surface area contributed by atoms with Gasteiger partial charge in [-0.1, -0.05) is 0 Å². The molecule has 0 amide bonds. The van der Waals surface area contributed by atoms with Gasteiger partial charge in [-0.2, -0.15) is 5.10 Å². The number of aryl methyl sites for hydroxylation is 1. The highest BCUT2D eigenvalue weighted by Crippen LogP contribution is 2.32. The summed E-state index contributed by atoms with van der Waals surface area (Å²) in [6, 6.07) is 0.654. The van der Waals surface area contributed by atoms with E-state index in [4.69, 9.17) is 0 Å². The van der Waals surface area contributed by atoms with E-state index in [-0.39, 0.29) is 0 Å². The molecule has 1 aromatic rings. The molecule has 1 aliphatic carbocycles. The van der Waals surface area contributed by atoms with Crippen LogP contribution >= 0.6 is 0 Å². The highest BCUT2D eigenvalue weighted by atomic mass is 15.2. The third kappa shape index (κ3) is 3.06. The number of aromatic nitrogens is 2. The Morgan fingerprint density at radius 1 is 1.62 bits per heavy atom. The van der Waals surface area contributed by atoms with Gasteiger partial charge < -0.3 is 10.2 Å². The van der Waals surface area contributed by atoms with Crippen molar-refractivity contribution in [2.75, 3.05) is 20.6 Å². The van der Waals surface area contributed by atoms with Crippen molar-refractivity contribution < 1.29 is 0 Å². The number of nitrogens with one attached hydrogen (secondary N) is 1. The first-order valence-electron chi connectivity index (χ1n) is 6.02. The van der Waals surface area contributed by atoms with E-state index in [0.717, 1.165) is 19.0 Å². The van der Waals surface area contributed by atoms with Crippen molar-refractivity contribution in [2.45, 2.75) is 25.4 Å². The lowest BCUT2D eigenvalue weighted by molar-refractivity contribution is 0.274. The van der Waals surface area contributed by atoms with Gasteiger partial charge in [0, 0.05) is 37.9 Å². The standard InChI is InChI=1S/C12H22N4/c1-13-12(11-4-5-11)9-15(2)7-10-6-14-16(3)8-10/h6,8,11-13H,4-5,7,9H2,1-3H3. The van der Waals surface area contributed by atoms with Crippen LogP contribution in [0.5, 0.6) is 0 Å². The summed E-state index contributed by atoms with van der Waals surface area (Å²) in [7, 11) is 6.21. The Morgan fingerprint density at radius 2 is 2.38 bits per heavy atom. The van der Waals surface area contributed by atoms with Gasteiger partial charge in [0.2, 0.25) is 0 Å². The normalized spacial score (nSPS) is 18.0. The van der Waals surface area contributed by atoms with Gasteiger partial charge in [0.05, 0.1) is 6.20 Å². The Bertz CT molecular complexity index is 330. The molecule has 1 N–H and O–H groups in total. The summed E-state index contributed by atoms with van der Waals surface area (Å²) in [6.45, 7) is 2.11. The molecule has 16 heavy (non-hydrogen) atoms. The highest BCUT2D eigenvalue weighted by Gasteiger charge is 2.30. The van der Waals surface area contributed by atoms with Crippen LogP contribution in [0.25, 0.3) is 0 Å². The van der Waals surface area contributed by atoms with Gasteiger partial charge in [-0.3, -0.25) is 4.68 Å². The molecule has 0 bridgehead atoms. The van der Waals surface area contributed by atoms with Crippen LogP contribution in [0.3, 0.4) is 0 Å². The molecule has 0 aliphatic heterocycles. The average molecular weight is 222 g/mol. The Morgan fingerprint density at radius 3 is 2.88 bits per heavy atom. The van der Waals surface area contributed by atoms with E-state index < -0.39 is 0 Å². The zero-order chi connectivity index (χ0) is 11.5. The molecule has 0 saturated heterocycles. The second kappa shape index (κ2) is 4.97. The number of rotatable bonds is 6. The summed E-state index contributed by atoms with van der Waals surface area (Å²) in [5.41, 5.74) is 1.29. The van der Waals surface area contributed by atoms with E-state index in [1.165, 1.54) is 18.4 Å². The summed E-state index contributed by atoms with van der Waals surface area (Å²) in [4.78, 5) is 2.37. The van der Waals surface area contributed by atoms with Gasteiger partial charge in [0.15, 0.2) is 0 Å². The quantitative estimate of drug-likeness (QED) is 0.774. The molecule has 1 aromatic heterocycles. The zero-order valence-corrected chi connectivity index (χ0v) is 10.5. The van der Waals surface area contributed by atoms with Gasteiger partial charge in [-0.05, 0) is 32.9 Å². The van der Waals surface area contributed by atoms with E-state index in [1.807, 2.05) is 17.9 Å². The maximum absolute atomic E-state index is 4.19. The lowest BCUT2D eigenvalue weighted by Crippen LogP contribution is -2.38. The van der Waals surface area contributed by atoms with Gasteiger partial charge in [0.1, 0.15) is 0 Å². The van der Waals surface area contributed by atoms with Gasteiger partial charge >= 0.3 is 0 Å². The smallest absolute Gasteiger partial charge is 0.0534 e. The molecule has 1 saturated carbocycles. The average Bonchev–Trinajstić information content (AvgIpc) is 3.00. The molecule has 1 heterocycles. The van der Waals surface area contributed by atoms with Crippen molar-refractivity contribution in [3.05, 3.63) is 18.0 Å². The summed E-state index contributed by atoms with van der Waals surface area (Å²) in [5, 5.41) is 7.61. The van der Waals surface area contributed by atoms with Crippen molar-refractivity contribution in [3.63, 3.8) is 0 Å². The van der Waals surface area contributed by atoms with Crippen LogP contribution in [-0.4, -0.2) is 41.4 Å². The lowest BCUT2D eigenvalue weighted by atomic mass is 10.1. The van der Waals surface area contributed by atoms with Crippen molar-refractivity contribution >= 4 is 0 Å². The van der Waals surface area contributed by atoms with Crippen LogP contribution < -0.4 is 5.32 Å². The predicted molar refractivity (Wildman–Crippen MR) is 65.1 cm³/mol. The Balaban J connectivity index is 1.80. The maximum atomic E-state index is 4.19. The summed E-state index contributed by atoms with van der Waals surface area (Å²) in [5.74, 6) is 0.904. The minimum absolute atomic E-state index is 0.654. The SMILES string of the molecule is CNC(CN(C)Cc1cnn(C)c1)C1CC1. The Labute approximate surface area is 97.6 Å². The summed E-state index contributed by atoms with van der Waals surface area (Å²) >= 11 is 0. The third-order valence-corrected chi connectivity index (χ3v) is 3.28. The van der Waals surface area contributed by atoms with Crippen molar-refractivity contribution in [1.29, 1.82) is 0 Å². The van der Waals surface area contributed by atoms with Gasteiger partial charge in [-0.15, -0.1) is 0 Å². The van der Waals surface area contributed by atoms with E-state index >= 15 is 0 Å². The van der Waals surface area contributed by atoms with Crippen LogP contribution in [0, 0.1) is 5.92 Å². The maximum Gasteiger partial charge on any atom is 0.0534 e. The first-order valence-corrected chi connectivity index (χ1v) is 6.02. The molecule has 1 atom stereocenters. The molecule has 90 valence electrons. The highest BCUT2D eigenvalue weighted by molar-refractivity contribution is 5.03. The first kappa shape index (κ1) is 11.6. The molecule has 1 aliphatic rings. The second-order valence-corrected chi connectivity index (χ2v) is 4.95. The molecule has 0 radical (unpaired) electrons. The topological polar surface area (TPSA) is 33.1 Å². The van der Waals surface area contributed by atoms with E-state index in [0.29, 0.717) is 6.04 Å². The lowest BCUT2D eigenvalue weighted by Gasteiger charge is -2.23. The molecule has 1 fully saturated rings. The van der Waals surface area contributed by atoms with Crippen LogP contribution in [0.1, 0.15) is 18.4 Å². The van der Waals surface area contributed by atoms with Crippen LogP contribution in [0.15, 0.2) is 12.4 Å². The molecular weight excluding hydrogens is 200 g/mol. The van der Waals surface area contributed by atoms with Crippen molar-refractivity contribution in [2.24, 2.45) is 13.0 Å². The van der Waals surface area contributed by atoms with Gasteiger partial charge in [-0.25, -0.2) is 0 Å². The molecule has 0 spiro atoms. The molecule has 0 aromatic carbocycles. The third-order valence-electron chi connectivity index (χ3n) is 3.28. The van der Waals surface area contributed by atoms with Crippen molar-refractivity contribution in [3.8, 4) is 0 Å². The number of likely N-dealkylation sites (N-methyl/N-ethyl adjacent to an activating group) is 2. The van der Waals surface area contributed by atoms with Gasteiger partial charge in [0.25, 0.3) is 0 Å². The minimum Gasteiger partial charge on any atom is -0.315 e. The summed E-state index contributed by atoms with van der Waals surface area (Å²) < 4.78 is 1.86. The molecule has 4 heteroatoms. The van der Waals surface area contributed by atoms with E-state index in [9.17, 15) is 0 Å². The fourth-order valence-electron chi connectivity index (χ4n) is 2.24. The first-order chi connectivity index (χ1) is 7.69. The van der Waals surface area contributed by atoms with Crippen LogP contribution in [0.4, 0.5) is 0 Å². The van der Waals surface area contributed by atoms with Crippen molar-refractivity contribution in [1.82, 2.24) is 20.0 Å². The van der Waals surface area contributed by atoms with E-state index in [2.05, 4.69) is 35.6 Å². The minimum atomic E-state index is 0.654. The predicted octanol–water partition coefficient (Wildman–Crippen LogP) is 0.850. The summed E-state index contributed by atoms with van der Waals surface area (Å²) in [6.07, 6.45) is 6.82. The molecule has 2 rings (SSSR count). The molecule has 4 nitrogen and oxygen atoms in total. The van der Waals surface area contributed by atoms with Crippen LogP contribution in [-0.2, 0) is 13.6 Å². The zero-order valence-electron chi connectivity index (χ0n) is 10.5. The number of nitrogens with zero attached hydrogens (tertiary/aromatic N) is 3. The molecule has 1 unspecified atom stereocenters. The second-order valence-electron chi connectivity index (χ2n) is 4.95.